The smallest absolute Gasteiger partial charge is 0.0716 e. The van der Waals surface area contributed by atoms with Gasteiger partial charge in [-0.25, -0.2) is 0 Å². The first-order chi connectivity index (χ1) is 11.9. The van der Waals surface area contributed by atoms with E-state index in [0.717, 1.165) is 26.1 Å². The van der Waals surface area contributed by atoms with Crippen LogP contribution in [0.1, 0.15) is 89.5 Å². The van der Waals surface area contributed by atoms with Crippen LogP contribution in [0.25, 0.3) is 0 Å². The topological polar surface area (TPSA) is 9.23 Å². The highest BCUT2D eigenvalue weighted by Gasteiger charge is 1.94. The molecule has 24 heavy (non-hydrogen) atoms. The maximum Gasteiger partial charge on any atom is 0.0716 e. The summed E-state index contributed by atoms with van der Waals surface area (Å²) in [5, 5.41) is 0. The lowest BCUT2D eigenvalue weighted by molar-refractivity contribution is 0.116. The molecule has 0 aliphatic rings. The molecule has 0 atom stereocenters. The van der Waals surface area contributed by atoms with Crippen LogP contribution in [0.5, 0.6) is 0 Å². The van der Waals surface area contributed by atoms with Gasteiger partial charge >= 0.3 is 0 Å². The lowest BCUT2D eigenvalue weighted by Crippen LogP contribution is -1.95. The first-order valence-electron chi connectivity index (χ1n) is 10.0. The molecule has 0 aromatic heterocycles. The Kier molecular flexibility index (Phi) is 14.4. The van der Waals surface area contributed by atoms with E-state index < -0.39 is 0 Å². The third-order valence-electron chi connectivity index (χ3n) is 4.23. The van der Waals surface area contributed by atoms with E-state index >= 15 is 0 Å². The van der Waals surface area contributed by atoms with E-state index in [0.29, 0.717) is 0 Å². The number of ether oxygens (including phenoxy) is 1. The predicted octanol–water partition coefficient (Wildman–Crippen LogP) is 6.91. The Labute approximate surface area is 150 Å². The molecule has 0 N–H and O–H groups in total. The van der Waals surface area contributed by atoms with Crippen molar-refractivity contribution in [1.82, 2.24) is 0 Å². The van der Waals surface area contributed by atoms with Gasteiger partial charge in [-0.05, 0) is 24.8 Å². The van der Waals surface area contributed by atoms with E-state index in [-0.39, 0.29) is 0 Å². The van der Waals surface area contributed by atoms with Gasteiger partial charge in [0.05, 0.1) is 6.61 Å². The van der Waals surface area contributed by atoms with Crippen LogP contribution >= 0.6 is 0 Å². The van der Waals surface area contributed by atoms with Crippen molar-refractivity contribution in [3.05, 3.63) is 35.9 Å². The second-order valence-corrected chi connectivity index (χ2v) is 6.57. The van der Waals surface area contributed by atoms with Crippen LogP contribution in [-0.2, 0) is 11.3 Å². The van der Waals surface area contributed by atoms with E-state index in [4.69, 9.17) is 4.74 Å². The average molecular weight is 329 g/mol. The largest absolute Gasteiger partial charge is 0.377 e. The SMILES string of the molecule is CCCCC#CCCCCCCCCCCOCc1ccccc1. The molecule has 0 fully saturated rings. The Morgan fingerprint density at radius 1 is 0.708 bits per heavy atom. The fourth-order valence-corrected chi connectivity index (χ4v) is 2.68. The molecule has 0 bridgehead atoms. The summed E-state index contributed by atoms with van der Waals surface area (Å²) in [7, 11) is 0. The molecule has 1 nitrogen and oxygen atoms in total. The summed E-state index contributed by atoms with van der Waals surface area (Å²) in [5.41, 5.74) is 1.27. The molecule has 134 valence electrons. The van der Waals surface area contributed by atoms with E-state index in [1.165, 1.54) is 69.8 Å². The minimum absolute atomic E-state index is 0.752. The van der Waals surface area contributed by atoms with Gasteiger partial charge in [0.25, 0.3) is 0 Å². The number of rotatable bonds is 14. The van der Waals surface area contributed by atoms with Crippen LogP contribution in [-0.4, -0.2) is 6.61 Å². The highest BCUT2D eigenvalue weighted by atomic mass is 16.5. The van der Waals surface area contributed by atoms with Crippen molar-refractivity contribution >= 4 is 0 Å². The van der Waals surface area contributed by atoms with Crippen molar-refractivity contribution in [2.75, 3.05) is 6.61 Å². The number of benzene rings is 1. The van der Waals surface area contributed by atoms with E-state index in [9.17, 15) is 0 Å². The van der Waals surface area contributed by atoms with Crippen molar-refractivity contribution in [3.63, 3.8) is 0 Å². The summed E-state index contributed by atoms with van der Waals surface area (Å²) >= 11 is 0. The average Bonchev–Trinajstić information content (AvgIpc) is 2.62. The molecule has 0 saturated heterocycles. The van der Waals surface area contributed by atoms with Crippen LogP contribution in [0.15, 0.2) is 30.3 Å². The summed E-state index contributed by atoms with van der Waals surface area (Å²) < 4.78 is 5.71. The quantitative estimate of drug-likeness (QED) is 0.266. The highest BCUT2D eigenvalue weighted by molar-refractivity contribution is 5.13. The maximum atomic E-state index is 5.71. The van der Waals surface area contributed by atoms with Crippen molar-refractivity contribution in [2.24, 2.45) is 0 Å². The molecule has 0 amide bonds. The monoisotopic (exact) mass is 328 g/mol. The Bertz CT molecular complexity index is 426. The van der Waals surface area contributed by atoms with Crippen molar-refractivity contribution in [3.8, 4) is 11.8 Å². The highest BCUT2D eigenvalue weighted by Crippen LogP contribution is 2.10. The molecule has 0 spiro atoms. The van der Waals surface area contributed by atoms with Gasteiger partial charge in [0.1, 0.15) is 0 Å². The van der Waals surface area contributed by atoms with Crippen molar-refractivity contribution in [1.29, 1.82) is 0 Å². The first-order valence-corrected chi connectivity index (χ1v) is 10.0. The molecule has 0 aliphatic carbocycles. The van der Waals surface area contributed by atoms with Gasteiger partial charge in [0.15, 0.2) is 0 Å². The van der Waals surface area contributed by atoms with Gasteiger partial charge in [0, 0.05) is 19.4 Å². The summed E-state index contributed by atoms with van der Waals surface area (Å²) in [5.74, 6) is 6.57. The molecule has 0 radical (unpaired) electrons. The van der Waals surface area contributed by atoms with Gasteiger partial charge < -0.3 is 4.74 Å². The third-order valence-corrected chi connectivity index (χ3v) is 4.23. The Morgan fingerprint density at radius 3 is 1.96 bits per heavy atom. The van der Waals surface area contributed by atoms with Crippen LogP contribution in [0.3, 0.4) is 0 Å². The molecule has 1 aromatic rings. The number of unbranched alkanes of at least 4 members (excludes halogenated alkanes) is 10. The minimum atomic E-state index is 0.752. The molecule has 0 unspecified atom stereocenters. The Morgan fingerprint density at radius 2 is 1.29 bits per heavy atom. The number of hydrogen-bond donors (Lipinski definition) is 0. The second kappa shape index (κ2) is 16.6. The zero-order chi connectivity index (χ0) is 17.1. The fourth-order valence-electron chi connectivity index (χ4n) is 2.68. The zero-order valence-electron chi connectivity index (χ0n) is 15.7. The molecule has 1 aromatic carbocycles. The van der Waals surface area contributed by atoms with E-state index in [1.54, 1.807) is 0 Å². The predicted molar refractivity (Wildman–Crippen MR) is 105 cm³/mol. The lowest BCUT2D eigenvalue weighted by Gasteiger charge is -2.04. The minimum Gasteiger partial charge on any atom is -0.377 e. The van der Waals surface area contributed by atoms with E-state index in [2.05, 4.69) is 43.0 Å². The van der Waals surface area contributed by atoms with Crippen molar-refractivity contribution in [2.45, 2.75) is 90.6 Å². The third kappa shape index (κ3) is 13.2. The van der Waals surface area contributed by atoms with Crippen LogP contribution in [0.2, 0.25) is 0 Å². The number of hydrogen-bond acceptors (Lipinski definition) is 1. The van der Waals surface area contributed by atoms with Gasteiger partial charge in [-0.15, -0.1) is 11.8 Å². The summed E-state index contributed by atoms with van der Waals surface area (Å²) in [6.07, 6.45) is 15.3. The normalized spacial score (nSPS) is 10.4. The molecule has 0 aliphatic heterocycles. The lowest BCUT2D eigenvalue weighted by atomic mass is 10.1. The summed E-state index contributed by atoms with van der Waals surface area (Å²) in [6, 6.07) is 10.4. The van der Waals surface area contributed by atoms with Crippen LogP contribution in [0.4, 0.5) is 0 Å². The molecule has 1 rings (SSSR count). The Hall–Kier alpha value is -1.26. The second-order valence-electron chi connectivity index (χ2n) is 6.57. The van der Waals surface area contributed by atoms with Gasteiger partial charge in [-0.3, -0.25) is 0 Å². The van der Waals surface area contributed by atoms with E-state index in [1.807, 2.05) is 6.07 Å². The zero-order valence-corrected chi connectivity index (χ0v) is 15.7. The molecule has 0 saturated carbocycles. The standard InChI is InChI=1S/C23H36O/c1-2-3-4-5-6-7-8-9-10-11-12-13-14-18-21-24-22-23-19-16-15-17-20-23/h15-17,19-20H,2-4,7-14,18,21-22H2,1H3. The summed E-state index contributed by atoms with van der Waals surface area (Å²) in [4.78, 5) is 0. The van der Waals surface area contributed by atoms with Gasteiger partial charge in [0.2, 0.25) is 0 Å². The Balaban J connectivity index is 1.75. The molecule has 1 heteroatoms. The van der Waals surface area contributed by atoms with Crippen LogP contribution in [0, 0.1) is 11.8 Å². The van der Waals surface area contributed by atoms with Crippen molar-refractivity contribution < 1.29 is 4.74 Å². The maximum absolute atomic E-state index is 5.71. The van der Waals surface area contributed by atoms with Gasteiger partial charge in [-0.2, -0.15) is 0 Å². The molecule has 0 heterocycles. The van der Waals surface area contributed by atoms with Gasteiger partial charge in [-0.1, -0.05) is 82.2 Å². The molecular formula is C23H36O. The molecular weight excluding hydrogens is 292 g/mol. The fraction of sp³-hybridized carbons (Fsp3) is 0.652. The van der Waals surface area contributed by atoms with Crippen LogP contribution < -0.4 is 0 Å². The summed E-state index contributed by atoms with van der Waals surface area (Å²) in [6.45, 7) is 3.87. The first kappa shape index (κ1) is 20.8.